The molecule has 36 heavy (non-hydrogen) atoms. The normalized spacial score (nSPS) is 16.9. The highest BCUT2D eigenvalue weighted by molar-refractivity contribution is 5.77. The van der Waals surface area contributed by atoms with E-state index in [-0.39, 0.29) is 21.8 Å². The van der Waals surface area contributed by atoms with Gasteiger partial charge in [-0.25, -0.2) is 0 Å². The van der Waals surface area contributed by atoms with Crippen LogP contribution in [0.2, 0.25) is 0 Å². The molecular formula is C34H48N2. The number of nitrogens with one attached hydrogen (secondary N) is 1. The minimum absolute atomic E-state index is 0.000429. The SMILES string of the molecule is CC(C)(C)C1=C(C(C)(C)C)c2cc(CC(C)(C)C3=CCc4ccccc4N3C(C)(C)C)ccc2CN1. The van der Waals surface area contributed by atoms with Crippen LogP contribution >= 0.6 is 0 Å². The molecule has 0 aliphatic carbocycles. The predicted molar refractivity (Wildman–Crippen MR) is 157 cm³/mol. The predicted octanol–water partition coefficient (Wildman–Crippen LogP) is 8.91. The summed E-state index contributed by atoms with van der Waals surface area (Å²) < 4.78 is 0. The monoisotopic (exact) mass is 484 g/mol. The van der Waals surface area contributed by atoms with E-state index in [1.165, 1.54) is 44.9 Å². The second-order valence-electron chi connectivity index (χ2n) is 14.6. The van der Waals surface area contributed by atoms with Gasteiger partial charge in [-0.1, -0.05) is 97.9 Å². The molecule has 0 amide bonds. The Morgan fingerprint density at radius 3 is 2.06 bits per heavy atom. The molecule has 0 saturated heterocycles. The summed E-state index contributed by atoms with van der Waals surface area (Å²) in [7, 11) is 0. The van der Waals surface area contributed by atoms with Gasteiger partial charge in [0.25, 0.3) is 0 Å². The van der Waals surface area contributed by atoms with Gasteiger partial charge in [0.2, 0.25) is 0 Å². The van der Waals surface area contributed by atoms with Crippen LogP contribution in [0.25, 0.3) is 5.57 Å². The Morgan fingerprint density at radius 2 is 1.44 bits per heavy atom. The minimum atomic E-state index is 0.000429. The van der Waals surface area contributed by atoms with Gasteiger partial charge in [0.1, 0.15) is 0 Å². The molecule has 0 atom stereocenters. The molecule has 2 nitrogen and oxygen atoms in total. The van der Waals surface area contributed by atoms with E-state index >= 15 is 0 Å². The lowest BCUT2D eigenvalue weighted by Gasteiger charge is -2.48. The first-order valence-corrected chi connectivity index (χ1v) is 13.7. The molecule has 2 aliphatic rings. The number of anilines is 1. The van der Waals surface area contributed by atoms with E-state index in [1.807, 2.05) is 0 Å². The van der Waals surface area contributed by atoms with Crippen LogP contribution in [-0.4, -0.2) is 5.54 Å². The van der Waals surface area contributed by atoms with Crippen LogP contribution in [0.1, 0.15) is 98.4 Å². The lowest BCUT2D eigenvalue weighted by molar-refractivity contribution is 0.389. The smallest absolute Gasteiger partial charge is 0.0449 e. The molecule has 2 aliphatic heterocycles. The van der Waals surface area contributed by atoms with E-state index in [0.717, 1.165) is 19.4 Å². The number of benzene rings is 2. The first kappa shape index (κ1) is 26.6. The Balaban J connectivity index is 1.76. The van der Waals surface area contributed by atoms with Gasteiger partial charge >= 0.3 is 0 Å². The lowest BCUT2D eigenvalue weighted by atomic mass is 9.72. The zero-order valence-corrected chi connectivity index (χ0v) is 24.7. The van der Waals surface area contributed by atoms with Crippen molar-refractivity contribution in [3.63, 3.8) is 0 Å². The third-order valence-electron chi connectivity index (χ3n) is 7.65. The number of nitrogens with zero attached hydrogens (tertiary/aromatic N) is 1. The van der Waals surface area contributed by atoms with Crippen molar-refractivity contribution in [3.05, 3.63) is 82.2 Å². The number of allylic oxidation sites excluding steroid dienone is 4. The number of hydrogen-bond donors (Lipinski definition) is 1. The molecule has 194 valence electrons. The molecule has 2 aromatic carbocycles. The zero-order valence-electron chi connectivity index (χ0n) is 24.7. The fourth-order valence-corrected chi connectivity index (χ4v) is 6.18. The van der Waals surface area contributed by atoms with Crippen molar-refractivity contribution in [1.29, 1.82) is 0 Å². The van der Waals surface area contributed by atoms with Gasteiger partial charge < -0.3 is 10.2 Å². The summed E-state index contributed by atoms with van der Waals surface area (Å²) >= 11 is 0. The molecule has 0 spiro atoms. The molecule has 2 heterocycles. The van der Waals surface area contributed by atoms with Crippen LogP contribution in [0, 0.1) is 16.2 Å². The van der Waals surface area contributed by atoms with Gasteiger partial charge in [0, 0.05) is 40.0 Å². The first-order valence-electron chi connectivity index (χ1n) is 13.7. The number of fused-ring (bicyclic) bond motifs is 2. The molecule has 0 fully saturated rings. The highest BCUT2D eigenvalue weighted by atomic mass is 15.2. The molecular weight excluding hydrogens is 436 g/mol. The molecule has 0 unspecified atom stereocenters. The van der Waals surface area contributed by atoms with Crippen LogP contribution in [0.4, 0.5) is 5.69 Å². The van der Waals surface area contributed by atoms with Crippen LogP contribution < -0.4 is 10.2 Å². The highest BCUT2D eigenvalue weighted by Gasteiger charge is 2.38. The van der Waals surface area contributed by atoms with Crippen molar-refractivity contribution in [2.45, 2.75) is 101 Å². The number of rotatable bonds is 3. The van der Waals surface area contributed by atoms with Crippen molar-refractivity contribution in [3.8, 4) is 0 Å². The van der Waals surface area contributed by atoms with Crippen molar-refractivity contribution in [1.82, 2.24) is 5.32 Å². The number of para-hydroxylation sites is 1. The van der Waals surface area contributed by atoms with E-state index in [2.05, 4.69) is 135 Å². The Kier molecular flexibility index (Phi) is 6.51. The molecule has 1 N–H and O–H groups in total. The van der Waals surface area contributed by atoms with Crippen molar-refractivity contribution < 1.29 is 0 Å². The highest BCUT2D eigenvalue weighted by Crippen LogP contribution is 2.47. The van der Waals surface area contributed by atoms with Crippen LogP contribution in [0.15, 0.2) is 59.9 Å². The van der Waals surface area contributed by atoms with E-state index in [4.69, 9.17) is 0 Å². The quantitative estimate of drug-likeness (QED) is 0.468. The summed E-state index contributed by atoms with van der Waals surface area (Å²) in [6, 6.07) is 16.1. The Bertz CT molecular complexity index is 1200. The maximum Gasteiger partial charge on any atom is 0.0449 e. The molecule has 0 aromatic heterocycles. The summed E-state index contributed by atoms with van der Waals surface area (Å²) in [5, 5.41) is 3.79. The van der Waals surface area contributed by atoms with E-state index < -0.39 is 0 Å². The number of hydrogen-bond acceptors (Lipinski definition) is 2. The largest absolute Gasteiger partial charge is 0.384 e. The Morgan fingerprint density at radius 1 is 0.778 bits per heavy atom. The maximum absolute atomic E-state index is 3.79. The van der Waals surface area contributed by atoms with Crippen LogP contribution in [-0.2, 0) is 19.4 Å². The molecule has 0 saturated carbocycles. The summed E-state index contributed by atoms with van der Waals surface area (Å²) in [6.07, 6.45) is 4.49. The maximum atomic E-state index is 3.79. The van der Waals surface area contributed by atoms with Crippen molar-refractivity contribution in [2.75, 3.05) is 4.90 Å². The average molecular weight is 485 g/mol. The topological polar surface area (TPSA) is 15.3 Å². The van der Waals surface area contributed by atoms with E-state index in [0.29, 0.717) is 0 Å². The van der Waals surface area contributed by atoms with Gasteiger partial charge in [-0.2, -0.15) is 0 Å². The molecule has 2 aromatic rings. The van der Waals surface area contributed by atoms with E-state index in [1.54, 1.807) is 0 Å². The second kappa shape index (κ2) is 8.82. The van der Waals surface area contributed by atoms with Gasteiger partial charge in [-0.15, -0.1) is 0 Å². The van der Waals surface area contributed by atoms with Crippen LogP contribution in [0.3, 0.4) is 0 Å². The first-order chi connectivity index (χ1) is 16.5. The molecule has 0 radical (unpaired) electrons. The summed E-state index contributed by atoms with van der Waals surface area (Å²) in [6.45, 7) is 26.8. The molecule has 2 heteroatoms. The summed E-state index contributed by atoms with van der Waals surface area (Å²) in [5.74, 6) is 0. The summed E-state index contributed by atoms with van der Waals surface area (Å²) in [4.78, 5) is 2.59. The summed E-state index contributed by atoms with van der Waals surface area (Å²) in [5.41, 5.74) is 11.5. The van der Waals surface area contributed by atoms with Gasteiger partial charge in [0.15, 0.2) is 0 Å². The fourth-order valence-electron chi connectivity index (χ4n) is 6.18. The van der Waals surface area contributed by atoms with Crippen molar-refractivity contribution >= 4 is 11.3 Å². The zero-order chi connectivity index (χ0) is 26.7. The fraction of sp³-hybridized carbons (Fsp3) is 0.529. The van der Waals surface area contributed by atoms with Gasteiger partial charge in [-0.05, 0) is 72.9 Å². The van der Waals surface area contributed by atoms with Crippen LogP contribution in [0.5, 0.6) is 0 Å². The molecule has 0 bridgehead atoms. The van der Waals surface area contributed by atoms with E-state index in [9.17, 15) is 0 Å². The third kappa shape index (κ3) is 5.01. The average Bonchev–Trinajstić information content (AvgIpc) is 2.75. The third-order valence-corrected chi connectivity index (χ3v) is 7.65. The van der Waals surface area contributed by atoms with Crippen molar-refractivity contribution in [2.24, 2.45) is 16.2 Å². The van der Waals surface area contributed by atoms with Gasteiger partial charge in [0.05, 0.1) is 0 Å². The lowest BCUT2D eigenvalue weighted by Crippen LogP contribution is -2.47. The Hall–Kier alpha value is -2.48. The second-order valence-corrected chi connectivity index (χ2v) is 14.6. The minimum Gasteiger partial charge on any atom is -0.384 e. The molecule has 4 rings (SSSR count). The standard InChI is InChI=1S/C34H48N2/c1-31(2,3)29-26-20-23(16-17-25(26)22-35-30(29)32(4,5)6)21-34(10,11)28-19-18-24-14-12-13-15-27(24)36(28)33(7,8)9/h12-17,19-20,35H,18,21-22H2,1-11H3. The van der Waals surface area contributed by atoms with Gasteiger partial charge in [-0.3, -0.25) is 0 Å². The Labute approximate surface area is 220 Å².